The minimum atomic E-state index is -1.10. The van der Waals surface area contributed by atoms with Gasteiger partial charge in [-0.25, -0.2) is 9.29 Å². The summed E-state index contributed by atoms with van der Waals surface area (Å²) in [6.07, 6.45) is 4.07. The maximum absolute atomic E-state index is 14.0. The third kappa shape index (κ3) is 2.96. The average molecular weight is 462 g/mol. The van der Waals surface area contributed by atoms with E-state index in [1.54, 1.807) is 12.1 Å². The van der Waals surface area contributed by atoms with Gasteiger partial charge in [0.05, 0.1) is 22.0 Å². The van der Waals surface area contributed by atoms with E-state index in [4.69, 9.17) is 11.6 Å². The molecular formula is C27H21ClFNO3. The second kappa shape index (κ2) is 7.56. The highest BCUT2D eigenvalue weighted by Crippen LogP contribution is 2.57. The molecule has 33 heavy (non-hydrogen) atoms. The normalized spacial score (nSPS) is 24.7. The van der Waals surface area contributed by atoms with Gasteiger partial charge in [-0.1, -0.05) is 60.7 Å². The van der Waals surface area contributed by atoms with E-state index >= 15 is 0 Å². The standard InChI is InChI=1S/C27H21ClFNO3/c1-3-15-8-11-20-25(32)30(16-9-12-22(29)21(28)14-16)26(33)27(20,2)24(15)19-10-13-23(31)18-7-5-4-6-17(18)19/h3-10,12-14,20,24,31H,1,11H2,2H3. The van der Waals surface area contributed by atoms with Gasteiger partial charge < -0.3 is 5.11 Å². The van der Waals surface area contributed by atoms with Gasteiger partial charge in [-0.3, -0.25) is 9.59 Å². The van der Waals surface area contributed by atoms with Crippen LogP contribution >= 0.6 is 11.6 Å². The SMILES string of the molecule is C=CC1=CCC2C(=O)N(c3ccc(F)c(Cl)c3)C(=O)C2(C)C1c1ccc(O)c2ccccc12. The summed E-state index contributed by atoms with van der Waals surface area (Å²) >= 11 is 5.95. The molecular weight excluding hydrogens is 441 g/mol. The van der Waals surface area contributed by atoms with Crippen molar-refractivity contribution in [1.82, 2.24) is 0 Å². The molecule has 1 aliphatic heterocycles. The molecule has 5 rings (SSSR count). The largest absolute Gasteiger partial charge is 0.507 e. The number of phenols is 1. The van der Waals surface area contributed by atoms with Crippen molar-refractivity contribution in [2.75, 3.05) is 4.90 Å². The number of aromatic hydroxyl groups is 1. The van der Waals surface area contributed by atoms with Gasteiger partial charge in [0.25, 0.3) is 0 Å². The summed E-state index contributed by atoms with van der Waals surface area (Å²) in [6, 6.07) is 14.7. The van der Waals surface area contributed by atoms with Gasteiger partial charge in [0.2, 0.25) is 11.8 Å². The lowest BCUT2D eigenvalue weighted by molar-refractivity contribution is -0.127. The molecule has 3 unspecified atom stereocenters. The lowest BCUT2D eigenvalue weighted by Gasteiger charge is -2.40. The van der Waals surface area contributed by atoms with E-state index in [1.807, 2.05) is 43.3 Å². The van der Waals surface area contributed by atoms with Gasteiger partial charge in [0.1, 0.15) is 11.6 Å². The predicted octanol–water partition coefficient (Wildman–Crippen LogP) is 6.13. The molecule has 3 aromatic rings. The number of hydrogen-bond donors (Lipinski definition) is 1. The molecule has 1 aliphatic carbocycles. The first-order chi connectivity index (χ1) is 15.8. The predicted molar refractivity (Wildman–Crippen MR) is 127 cm³/mol. The summed E-state index contributed by atoms with van der Waals surface area (Å²) in [6.45, 7) is 5.77. The lowest BCUT2D eigenvalue weighted by Crippen LogP contribution is -2.41. The number of allylic oxidation sites excluding steroid dienone is 3. The number of imide groups is 1. The number of carbonyl (C=O) groups excluding carboxylic acids is 2. The minimum Gasteiger partial charge on any atom is -0.507 e. The quantitative estimate of drug-likeness (QED) is 0.477. The Labute approximate surface area is 195 Å². The summed E-state index contributed by atoms with van der Waals surface area (Å²) in [7, 11) is 0. The molecule has 1 N–H and O–H groups in total. The van der Waals surface area contributed by atoms with E-state index in [2.05, 4.69) is 6.58 Å². The van der Waals surface area contributed by atoms with Crippen molar-refractivity contribution < 1.29 is 19.1 Å². The summed E-state index contributed by atoms with van der Waals surface area (Å²) in [4.78, 5) is 28.6. The number of anilines is 1. The second-order valence-corrected chi connectivity index (χ2v) is 9.12. The molecule has 2 amide bonds. The number of benzene rings is 3. The van der Waals surface area contributed by atoms with Crippen LogP contribution in [0.3, 0.4) is 0 Å². The number of halogens is 2. The van der Waals surface area contributed by atoms with Gasteiger partial charge in [-0.2, -0.15) is 0 Å². The highest BCUT2D eigenvalue weighted by molar-refractivity contribution is 6.31. The van der Waals surface area contributed by atoms with E-state index in [-0.39, 0.29) is 28.3 Å². The van der Waals surface area contributed by atoms with Crippen molar-refractivity contribution in [3.8, 4) is 5.75 Å². The Morgan fingerprint density at radius 3 is 2.58 bits per heavy atom. The monoisotopic (exact) mass is 461 g/mol. The Morgan fingerprint density at radius 2 is 1.88 bits per heavy atom. The molecule has 3 atom stereocenters. The zero-order valence-electron chi connectivity index (χ0n) is 17.9. The number of phenolic OH excluding ortho intramolecular Hbond substituents is 1. The van der Waals surface area contributed by atoms with Crippen LogP contribution in [-0.2, 0) is 9.59 Å². The molecule has 2 aliphatic rings. The molecule has 3 aromatic carbocycles. The number of amides is 2. The van der Waals surface area contributed by atoms with Crippen LogP contribution in [0.5, 0.6) is 5.75 Å². The third-order valence-corrected chi connectivity index (χ3v) is 7.36. The van der Waals surface area contributed by atoms with Gasteiger partial charge in [-0.15, -0.1) is 0 Å². The van der Waals surface area contributed by atoms with E-state index < -0.39 is 23.1 Å². The molecule has 1 heterocycles. The van der Waals surface area contributed by atoms with Gasteiger partial charge in [0, 0.05) is 11.3 Å². The molecule has 4 nitrogen and oxygen atoms in total. The van der Waals surface area contributed by atoms with Crippen LogP contribution in [0.1, 0.15) is 24.8 Å². The fourth-order valence-electron chi connectivity index (χ4n) is 5.42. The van der Waals surface area contributed by atoms with Crippen molar-refractivity contribution in [1.29, 1.82) is 0 Å². The first-order valence-corrected chi connectivity index (χ1v) is 11.0. The van der Waals surface area contributed by atoms with Gasteiger partial charge in [-0.05, 0) is 54.1 Å². The Morgan fingerprint density at radius 1 is 1.15 bits per heavy atom. The molecule has 0 saturated carbocycles. The van der Waals surface area contributed by atoms with E-state index in [9.17, 15) is 19.1 Å². The Kier molecular flexibility index (Phi) is 4.91. The van der Waals surface area contributed by atoms with Crippen molar-refractivity contribution in [2.24, 2.45) is 11.3 Å². The highest BCUT2D eigenvalue weighted by atomic mass is 35.5. The Hall–Kier alpha value is -3.44. The van der Waals surface area contributed by atoms with Crippen LogP contribution < -0.4 is 4.90 Å². The number of fused-ring (bicyclic) bond motifs is 2. The van der Waals surface area contributed by atoms with Crippen LogP contribution in [0, 0.1) is 17.2 Å². The lowest BCUT2D eigenvalue weighted by atomic mass is 9.59. The van der Waals surface area contributed by atoms with Gasteiger partial charge >= 0.3 is 0 Å². The summed E-state index contributed by atoms with van der Waals surface area (Å²) in [5.41, 5.74) is 0.837. The minimum absolute atomic E-state index is 0.146. The maximum atomic E-state index is 14.0. The first kappa shape index (κ1) is 21.4. The molecule has 0 spiro atoms. The van der Waals surface area contributed by atoms with Crippen molar-refractivity contribution in [2.45, 2.75) is 19.3 Å². The van der Waals surface area contributed by atoms with E-state index in [1.165, 1.54) is 12.1 Å². The number of nitrogens with zero attached hydrogens (tertiary/aromatic N) is 1. The average Bonchev–Trinajstić information content (AvgIpc) is 3.01. The number of carbonyl (C=O) groups is 2. The molecule has 1 saturated heterocycles. The van der Waals surface area contributed by atoms with Crippen LogP contribution in [0.25, 0.3) is 10.8 Å². The van der Waals surface area contributed by atoms with Crippen LogP contribution in [0.2, 0.25) is 5.02 Å². The summed E-state index contributed by atoms with van der Waals surface area (Å²) < 4.78 is 13.8. The molecule has 1 fully saturated rings. The first-order valence-electron chi connectivity index (χ1n) is 10.7. The molecule has 0 bridgehead atoms. The third-order valence-electron chi connectivity index (χ3n) is 7.07. The van der Waals surface area contributed by atoms with E-state index in [0.717, 1.165) is 27.5 Å². The summed E-state index contributed by atoms with van der Waals surface area (Å²) in [5, 5.41) is 11.7. The highest BCUT2D eigenvalue weighted by Gasteiger charge is 2.62. The fourth-order valence-corrected chi connectivity index (χ4v) is 5.60. The smallest absolute Gasteiger partial charge is 0.241 e. The molecule has 6 heteroatoms. The van der Waals surface area contributed by atoms with Crippen LogP contribution in [0.15, 0.2) is 78.9 Å². The second-order valence-electron chi connectivity index (χ2n) is 8.71. The zero-order valence-corrected chi connectivity index (χ0v) is 18.6. The molecule has 0 radical (unpaired) electrons. The van der Waals surface area contributed by atoms with Crippen molar-refractivity contribution in [3.63, 3.8) is 0 Å². The number of hydrogen-bond acceptors (Lipinski definition) is 3. The van der Waals surface area contributed by atoms with Crippen LogP contribution in [0.4, 0.5) is 10.1 Å². The number of rotatable bonds is 3. The topological polar surface area (TPSA) is 57.6 Å². The Balaban J connectivity index is 1.72. The maximum Gasteiger partial charge on any atom is 0.241 e. The van der Waals surface area contributed by atoms with Gasteiger partial charge in [0.15, 0.2) is 0 Å². The van der Waals surface area contributed by atoms with E-state index in [0.29, 0.717) is 11.8 Å². The van der Waals surface area contributed by atoms with Crippen molar-refractivity contribution in [3.05, 3.63) is 95.3 Å². The molecule has 166 valence electrons. The van der Waals surface area contributed by atoms with Crippen LogP contribution in [-0.4, -0.2) is 16.9 Å². The molecule has 0 aromatic heterocycles. The fraction of sp³-hybridized carbons (Fsp3) is 0.185. The Bertz CT molecular complexity index is 1380. The zero-order chi connectivity index (χ0) is 23.5. The van der Waals surface area contributed by atoms with Crippen molar-refractivity contribution >= 4 is 39.9 Å². The summed E-state index contributed by atoms with van der Waals surface area (Å²) in [5.74, 6) is -2.24.